The van der Waals surface area contributed by atoms with Crippen LogP contribution in [-0.2, 0) is 6.54 Å². The fourth-order valence-corrected chi connectivity index (χ4v) is 2.04. The van der Waals surface area contributed by atoms with E-state index in [0.29, 0.717) is 11.8 Å². The molecular formula is C9H15BrN2. The molecular weight excluding hydrogens is 216 g/mol. The van der Waals surface area contributed by atoms with Gasteiger partial charge < -0.3 is 0 Å². The number of rotatable bonds is 4. The lowest BCUT2D eigenvalue weighted by atomic mass is 9.98. The van der Waals surface area contributed by atoms with Gasteiger partial charge in [0.25, 0.3) is 0 Å². The van der Waals surface area contributed by atoms with Crippen molar-refractivity contribution in [2.75, 3.05) is 5.33 Å². The molecule has 1 aromatic heterocycles. The summed E-state index contributed by atoms with van der Waals surface area (Å²) >= 11 is 3.52. The Morgan fingerprint density at radius 1 is 1.50 bits per heavy atom. The van der Waals surface area contributed by atoms with Crippen LogP contribution in [0.3, 0.4) is 0 Å². The van der Waals surface area contributed by atoms with Crippen molar-refractivity contribution in [3.8, 4) is 0 Å². The summed E-state index contributed by atoms with van der Waals surface area (Å²) in [7, 11) is 0. The predicted octanol–water partition coefficient (Wildman–Crippen LogP) is 2.55. The lowest BCUT2D eigenvalue weighted by molar-refractivity contribution is 0.357. The van der Waals surface area contributed by atoms with Crippen molar-refractivity contribution in [2.24, 2.45) is 11.8 Å². The van der Waals surface area contributed by atoms with Crippen LogP contribution in [0.25, 0.3) is 0 Å². The first-order chi connectivity index (χ1) is 5.74. The van der Waals surface area contributed by atoms with Crippen molar-refractivity contribution in [1.82, 2.24) is 9.78 Å². The van der Waals surface area contributed by atoms with Crippen molar-refractivity contribution in [1.29, 1.82) is 0 Å². The van der Waals surface area contributed by atoms with Crippen LogP contribution in [0.4, 0.5) is 0 Å². The minimum atomic E-state index is 0.671. The molecule has 0 aliphatic rings. The summed E-state index contributed by atoms with van der Waals surface area (Å²) in [4.78, 5) is 0. The molecule has 0 saturated carbocycles. The van der Waals surface area contributed by atoms with Crippen LogP contribution in [0.15, 0.2) is 18.5 Å². The maximum atomic E-state index is 4.18. The van der Waals surface area contributed by atoms with E-state index in [-0.39, 0.29) is 0 Å². The standard InChI is InChI=1S/C9H15BrN2/c1-8(2)9(6-10)7-12-5-3-4-11-12/h3-5,8-9H,6-7H2,1-2H3. The Labute approximate surface area is 82.1 Å². The largest absolute Gasteiger partial charge is 0.272 e. The first-order valence-electron chi connectivity index (χ1n) is 4.27. The van der Waals surface area contributed by atoms with Gasteiger partial charge in [0.2, 0.25) is 0 Å². The smallest absolute Gasteiger partial charge is 0.0489 e. The number of hydrogen-bond acceptors (Lipinski definition) is 1. The van der Waals surface area contributed by atoms with E-state index in [2.05, 4.69) is 34.9 Å². The number of halogens is 1. The van der Waals surface area contributed by atoms with Gasteiger partial charge in [-0.05, 0) is 17.9 Å². The molecule has 0 aliphatic carbocycles. The highest BCUT2D eigenvalue weighted by Crippen LogP contribution is 2.15. The van der Waals surface area contributed by atoms with Crippen LogP contribution < -0.4 is 0 Å². The Balaban J connectivity index is 2.48. The fraction of sp³-hybridized carbons (Fsp3) is 0.667. The molecule has 3 heteroatoms. The zero-order valence-corrected chi connectivity index (χ0v) is 9.16. The van der Waals surface area contributed by atoms with Crippen LogP contribution in [0.2, 0.25) is 0 Å². The highest BCUT2D eigenvalue weighted by molar-refractivity contribution is 9.09. The van der Waals surface area contributed by atoms with Gasteiger partial charge in [-0.3, -0.25) is 4.68 Å². The average molecular weight is 231 g/mol. The summed E-state index contributed by atoms with van der Waals surface area (Å²) in [5.41, 5.74) is 0. The molecule has 1 atom stereocenters. The van der Waals surface area contributed by atoms with Gasteiger partial charge in [0, 0.05) is 24.3 Å². The minimum Gasteiger partial charge on any atom is -0.272 e. The molecule has 0 aliphatic heterocycles. The molecule has 0 aromatic carbocycles. The molecule has 0 fully saturated rings. The SMILES string of the molecule is CC(C)C(CBr)Cn1cccn1. The molecule has 1 heterocycles. The Hall–Kier alpha value is -0.310. The number of nitrogens with zero attached hydrogens (tertiary/aromatic N) is 2. The van der Waals surface area contributed by atoms with Gasteiger partial charge in [0.15, 0.2) is 0 Å². The second-order valence-corrected chi connectivity index (χ2v) is 4.03. The molecule has 12 heavy (non-hydrogen) atoms. The summed E-state index contributed by atoms with van der Waals surface area (Å²) in [6.45, 7) is 5.50. The van der Waals surface area contributed by atoms with Crippen LogP contribution in [0.1, 0.15) is 13.8 Å². The molecule has 1 aromatic rings. The zero-order valence-electron chi connectivity index (χ0n) is 7.57. The van der Waals surface area contributed by atoms with Crippen LogP contribution >= 0.6 is 15.9 Å². The van der Waals surface area contributed by atoms with Gasteiger partial charge in [-0.2, -0.15) is 5.10 Å². The molecule has 2 nitrogen and oxygen atoms in total. The van der Waals surface area contributed by atoms with E-state index in [0.717, 1.165) is 11.9 Å². The Kier molecular flexibility index (Phi) is 3.79. The van der Waals surface area contributed by atoms with E-state index < -0.39 is 0 Å². The molecule has 0 N–H and O–H groups in total. The average Bonchev–Trinajstić information content (AvgIpc) is 2.51. The molecule has 0 spiro atoms. The maximum absolute atomic E-state index is 4.18. The lowest BCUT2D eigenvalue weighted by Crippen LogP contribution is -2.18. The monoisotopic (exact) mass is 230 g/mol. The third kappa shape index (κ3) is 2.63. The maximum Gasteiger partial charge on any atom is 0.0489 e. The number of alkyl halides is 1. The highest BCUT2D eigenvalue weighted by atomic mass is 79.9. The summed E-state index contributed by atoms with van der Waals surface area (Å²) in [6, 6.07) is 1.96. The van der Waals surface area contributed by atoms with Crippen molar-refractivity contribution in [3.63, 3.8) is 0 Å². The third-order valence-electron chi connectivity index (χ3n) is 2.12. The summed E-state index contributed by atoms with van der Waals surface area (Å²) < 4.78 is 1.99. The molecule has 0 amide bonds. The lowest BCUT2D eigenvalue weighted by Gasteiger charge is -2.17. The number of aromatic nitrogens is 2. The van der Waals surface area contributed by atoms with E-state index >= 15 is 0 Å². The molecule has 68 valence electrons. The second-order valence-electron chi connectivity index (χ2n) is 3.39. The first-order valence-corrected chi connectivity index (χ1v) is 5.39. The number of hydrogen-bond donors (Lipinski definition) is 0. The molecule has 1 rings (SSSR count). The van der Waals surface area contributed by atoms with E-state index in [9.17, 15) is 0 Å². The van der Waals surface area contributed by atoms with E-state index in [1.165, 1.54) is 0 Å². The van der Waals surface area contributed by atoms with Gasteiger partial charge in [-0.15, -0.1) is 0 Å². The van der Waals surface area contributed by atoms with Crippen molar-refractivity contribution in [3.05, 3.63) is 18.5 Å². The first kappa shape index (κ1) is 9.78. The molecule has 1 unspecified atom stereocenters. The quantitative estimate of drug-likeness (QED) is 0.728. The van der Waals surface area contributed by atoms with Gasteiger partial charge in [-0.25, -0.2) is 0 Å². The van der Waals surface area contributed by atoms with Gasteiger partial charge in [-0.1, -0.05) is 29.8 Å². The normalized spacial score (nSPS) is 13.7. The van der Waals surface area contributed by atoms with Crippen LogP contribution in [0.5, 0.6) is 0 Å². The van der Waals surface area contributed by atoms with Gasteiger partial charge >= 0.3 is 0 Å². The van der Waals surface area contributed by atoms with Gasteiger partial charge in [0.1, 0.15) is 0 Å². The van der Waals surface area contributed by atoms with E-state index in [1.54, 1.807) is 0 Å². The molecule has 0 radical (unpaired) electrons. The fourth-order valence-electron chi connectivity index (χ4n) is 1.09. The van der Waals surface area contributed by atoms with Crippen LogP contribution in [-0.4, -0.2) is 15.1 Å². The topological polar surface area (TPSA) is 17.8 Å². The van der Waals surface area contributed by atoms with E-state index in [4.69, 9.17) is 0 Å². The second kappa shape index (κ2) is 4.65. The van der Waals surface area contributed by atoms with Crippen molar-refractivity contribution in [2.45, 2.75) is 20.4 Å². The summed E-state index contributed by atoms with van der Waals surface area (Å²) in [5, 5.41) is 5.23. The van der Waals surface area contributed by atoms with Crippen molar-refractivity contribution < 1.29 is 0 Å². The van der Waals surface area contributed by atoms with Crippen LogP contribution in [0, 0.1) is 11.8 Å². The predicted molar refractivity (Wildman–Crippen MR) is 54.3 cm³/mol. The van der Waals surface area contributed by atoms with Gasteiger partial charge in [0.05, 0.1) is 0 Å². The summed E-state index contributed by atoms with van der Waals surface area (Å²) in [5.74, 6) is 1.37. The zero-order chi connectivity index (χ0) is 8.97. The van der Waals surface area contributed by atoms with Crippen molar-refractivity contribution >= 4 is 15.9 Å². The molecule has 0 saturated heterocycles. The molecule has 0 bridgehead atoms. The summed E-state index contributed by atoms with van der Waals surface area (Å²) in [6.07, 6.45) is 3.84. The van der Waals surface area contributed by atoms with E-state index in [1.807, 2.05) is 23.1 Å². The highest BCUT2D eigenvalue weighted by Gasteiger charge is 2.11. The minimum absolute atomic E-state index is 0.671. The Morgan fingerprint density at radius 2 is 2.25 bits per heavy atom. The third-order valence-corrected chi connectivity index (χ3v) is 2.95. The Morgan fingerprint density at radius 3 is 2.67 bits per heavy atom. The Bertz CT molecular complexity index is 206.